The number of aliphatic carboxylic acids is 1. The molecule has 0 bridgehead atoms. The second kappa shape index (κ2) is 4.62. The first-order chi connectivity index (χ1) is 9.10. The van der Waals surface area contributed by atoms with Crippen LogP contribution in [-0.4, -0.2) is 34.4 Å². The molecule has 0 spiro atoms. The number of carboxylic acids is 1. The van der Waals surface area contributed by atoms with Gasteiger partial charge in [0, 0.05) is 6.04 Å². The van der Waals surface area contributed by atoms with E-state index in [9.17, 15) is 14.7 Å². The van der Waals surface area contributed by atoms with Gasteiger partial charge in [0.15, 0.2) is 0 Å². The molecule has 0 heterocycles. The van der Waals surface area contributed by atoms with Crippen molar-refractivity contribution in [2.45, 2.75) is 70.1 Å². The molecule has 0 aliphatic heterocycles. The van der Waals surface area contributed by atoms with Crippen LogP contribution in [0.2, 0.25) is 0 Å². The summed E-state index contributed by atoms with van der Waals surface area (Å²) in [6, 6.07) is -0.0935. The van der Waals surface area contributed by atoms with Gasteiger partial charge < -0.3 is 20.9 Å². The normalized spacial score (nSPS) is 31.7. The van der Waals surface area contributed by atoms with E-state index in [4.69, 9.17) is 10.5 Å². The highest BCUT2D eigenvalue weighted by Gasteiger charge is 2.65. The number of carboxylic acid groups (broad SMARTS) is 1. The summed E-state index contributed by atoms with van der Waals surface area (Å²) < 4.78 is 5.27. The van der Waals surface area contributed by atoms with Gasteiger partial charge in [-0.15, -0.1) is 0 Å². The maximum Gasteiger partial charge on any atom is 0.408 e. The molecule has 0 aromatic rings. The molecule has 0 radical (unpaired) electrons. The van der Waals surface area contributed by atoms with Crippen LogP contribution < -0.4 is 11.1 Å². The van der Waals surface area contributed by atoms with Gasteiger partial charge in [-0.25, -0.2) is 4.79 Å². The minimum atomic E-state index is -0.929. The Labute approximate surface area is 119 Å². The predicted molar refractivity (Wildman–Crippen MR) is 73.2 cm³/mol. The molecular formula is C14H24N2O4. The van der Waals surface area contributed by atoms with Crippen molar-refractivity contribution in [2.75, 3.05) is 0 Å². The van der Waals surface area contributed by atoms with Gasteiger partial charge >= 0.3 is 12.1 Å². The maximum atomic E-state index is 12.0. The Morgan fingerprint density at radius 2 is 1.85 bits per heavy atom. The molecular weight excluding hydrogens is 260 g/mol. The number of hydrogen-bond donors (Lipinski definition) is 3. The van der Waals surface area contributed by atoms with Gasteiger partial charge in [0.1, 0.15) is 5.60 Å². The van der Waals surface area contributed by atoms with E-state index < -0.39 is 28.6 Å². The van der Waals surface area contributed by atoms with Crippen LogP contribution in [0.25, 0.3) is 0 Å². The lowest BCUT2D eigenvalue weighted by Crippen LogP contribution is -2.72. The van der Waals surface area contributed by atoms with Crippen molar-refractivity contribution >= 4 is 12.1 Å². The molecule has 2 saturated carbocycles. The van der Waals surface area contributed by atoms with E-state index >= 15 is 0 Å². The van der Waals surface area contributed by atoms with Crippen LogP contribution in [-0.2, 0) is 9.53 Å². The molecule has 6 heteroatoms. The quantitative estimate of drug-likeness (QED) is 0.731. The molecule has 0 unspecified atom stereocenters. The van der Waals surface area contributed by atoms with Crippen molar-refractivity contribution in [1.29, 1.82) is 0 Å². The van der Waals surface area contributed by atoms with E-state index in [1.807, 2.05) is 0 Å². The predicted octanol–water partition coefficient (Wildman–Crippen LogP) is 1.63. The van der Waals surface area contributed by atoms with Gasteiger partial charge in [0.2, 0.25) is 0 Å². The van der Waals surface area contributed by atoms with E-state index in [1.54, 1.807) is 20.8 Å². The summed E-state index contributed by atoms with van der Waals surface area (Å²) in [5, 5.41) is 12.4. The Morgan fingerprint density at radius 3 is 2.15 bits per heavy atom. The lowest BCUT2D eigenvalue weighted by atomic mass is 9.49. The Balaban J connectivity index is 2.13. The summed E-state index contributed by atoms with van der Waals surface area (Å²) in [7, 11) is 0. The van der Waals surface area contributed by atoms with E-state index in [2.05, 4.69) is 5.32 Å². The molecule has 6 nitrogen and oxygen atoms in total. The molecule has 2 aliphatic rings. The van der Waals surface area contributed by atoms with Crippen LogP contribution in [0.1, 0.15) is 52.9 Å². The zero-order valence-corrected chi connectivity index (χ0v) is 12.4. The third-order valence-electron chi connectivity index (χ3n) is 4.49. The van der Waals surface area contributed by atoms with Crippen molar-refractivity contribution in [3.8, 4) is 0 Å². The number of hydrogen-bond acceptors (Lipinski definition) is 4. The first-order valence-corrected chi connectivity index (χ1v) is 7.10. The molecule has 114 valence electrons. The van der Waals surface area contributed by atoms with Crippen LogP contribution in [0.5, 0.6) is 0 Å². The number of nitrogens with two attached hydrogens (primary N) is 1. The molecule has 0 atom stereocenters. The van der Waals surface area contributed by atoms with Crippen LogP contribution >= 0.6 is 0 Å². The van der Waals surface area contributed by atoms with Crippen molar-refractivity contribution < 1.29 is 19.4 Å². The van der Waals surface area contributed by atoms with Gasteiger partial charge in [-0.05, 0) is 52.9 Å². The maximum absolute atomic E-state index is 12.0. The monoisotopic (exact) mass is 284 g/mol. The topological polar surface area (TPSA) is 102 Å². The Hall–Kier alpha value is -1.30. The summed E-state index contributed by atoms with van der Waals surface area (Å²) in [5.74, 6) is -0.866. The highest BCUT2D eigenvalue weighted by molar-refractivity contribution is 5.80. The SMILES string of the molecule is CC(C)(C)OC(=O)NC1(C2(C(=O)O)CC(N)C2)CCC1. The number of rotatable bonds is 3. The summed E-state index contributed by atoms with van der Waals surface area (Å²) in [6.45, 7) is 5.35. The van der Waals surface area contributed by atoms with Crippen molar-refractivity contribution in [3.05, 3.63) is 0 Å². The zero-order chi connectivity index (χ0) is 15.2. The number of alkyl carbamates (subject to hydrolysis) is 1. The molecule has 0 saturated heterocycles. The Kier molecular flexibility index (Phi) is 3.48. The van der Waals surface area contributed by atoms with E-state index in [-0.39, 0.29) is 6.04 Å². The van der Waals surface area contributed by atoms with Crippen molar-refractivity contribution in [2.24, 2.45) is 11.1 Å². The van der Waals surface area contributed by atoms with Gasteiger partial charge in [0.25, 0.3) is 0 Å². The smallest absolute Gasteiger partial charge is 0.408 e. The zero-order valence-electron chi connectivity index (χ0n) is 12.4. The summed E-state index contributed by atoms with van der Waals surface area (Å²) >= 11 is 0. The van der Waals surface area contributed by atoms with E-state index in [0.717, 1.165) is 6.42 Å². The van der Waals surface area contributed by atoms with Gasteiger partial charge in [-0.2, -0.15) is 0 Å². The number of carbonyl (C=O) groups is 2. The largest absolute Gasteiger partial charge is 0.481 e. The molecule has 1 amide bonds. The summed E-state index contributed by atoms with van der Waals surface area (Å²) in [5.41, 5.74) is 3.57. The third kappa shape index (κ3) is 2.37. The second-order valence-electron chi connectivity index (χ2n) is 7.12. The molecule has 0 aromatic carbocycles. The molecule has 2 rings (SSSR count). The average molecular weight is 284 g/mol. The Bertz CT molecular complexity index is 417. The first kappa shape index (κ1) is 15.1. The highest BCUT2D eigenvalue weighted by atomic mass is 16.6. The summed E-state index contributed by atoms with van der Waals surface area (Å²) in [4.78, 5) is 23.7. The number of ether oxygens (including phenoxy) is 1. The molecule has 2 aliphatic carbocycles. The van der Waals surface area contributed by atoms with Gasteiger partial charge in [0.05, 0.1) is 11.0 Å². The van der Waals surface area contributed by atoms with Crippen LogP contribution in [0, 0.1) is 5.41 Å². The van der Waals surface area contributed by atoms with Crippen molar-refractivity contribution in [1.82, 2.24) is 5.32 Å². The fraction of sp³-hybridized carbons (Fsp3) is 0.857. The number of carbonyl (C=O) groups excluding carboxylic acids is 1. The van der Waals surface area contributed by atoms with E-state index in [1.165, 1.54) is 0 Å². The Morgan fingerprint density at radius 1 is 1.30 bits per heavy atom. The molecule has 2 fully saturated rings. The van der Waals surface area contributed by atoms with E-state index in [0.29, 0.717) is 25.7 Å². The fourth-order valence-corrected chi connectivity index (χ4v) is 3.36. The minimum Gasteiger partial charge on any atom is -0.481 e. The third-order valence-corrected chi connectivity index (χ3v) is 4.49. The molecule has 20 heavy (non-hydrogen) atoms. The lowest BCUT2D eigenvalue weighted by molar-refractivity contribution is -0.170. The highest BCUT2D eigenvalue weighted by Crippen LogP contribution is 2.56. The van der Waals surface area contributed by atoms with Crippen LogP contribution in [0.3, 0.4) is 0 Å². The lowest BCUT2D eigenvalue weighted by Gasteiger charge is -2.59. The molecule has 4 N–H and O–H groups in total. The van der Waals surface area contributed by atoms with Gasteiger partial charge in [-0.3, -0.25) is 4.79 Å². The summed E-state index contributed by atoms with van der Waals surface area (Å²) in [6.07, 6.45) is 2.55. The first-order valence-electron chi connectivity index (χ1n) is 7.10. The molecule has 0 aromatic heterocycles. The minimum absolute atomic E-state index is 0.0935. The number of nitrogens with one attached hydrogen (secondary N) is 1. The number of amides is 1. The standard InChI is InChI=1S/C14H24N2O4/c1-12(2,3)20-11(19)16-14(5-4-6-14)13(10(17)18)7-9(15)8-13/h9H,4-8,15H2,1-3H3,(H,16,19)(H,17,18). The van der Waals surface area contributed by atoms with Crippen LogP contribution in [0.15, 0.2) is 0 Å². The van der Waals surface area contributed by atoms with Crippen molar-refractivity contribution in [3.63, 3.8) is 0 Å². The van der Waals surface area contributed by atoms with Crippen LogP contribution in [0.4, 0.5) is 4.79 Å². The average Bonchev–Trinajstić information content (AvgIpc) is 2.15. The second-order valence-corrected chi connectivity index (χ2v) is 7.12. The van der Waals surface area contributed by atoms with Gasteiger partial charge in [-0.1, -0.05) is 0 Å². The fourth-order valence-electron chi connectivity index (χ4n) is 3.36.